The average Bonchev–Trinajstić information content (AvgIpc) is 2.31. The fraction of sp³-hybridized carbons (Fsp3) is 0.538. The van der Waals surface area contributed by atoms with E-state index in [9.17, 15) is 4.79 Å². The highest BCUT2D eigenvalue weighted by Crippen LogP contribution is 2.17. The maximum atomic E-state index is 11.8. The molecule has 0 aliphatic rings. The van der Waals surface area contributed by atoms with Crippen molar-refractivity contribution in [2.75, 3.05) is 11.9 Å². The van der Waals surface area contributed by atoms with E-state index in [1.54, 1.807) is 12.1 Å². The van der Waals surface area contributed by atoms with Crippen molar-refractivity contribution < 1.29 is 4.79 Å². The molecule has 0 spiro atoms. The normalized spacial score (nSPS) is 12.2. The number of hydrogen-bond donors (Lipinski definition) is 2. The Bertz CT molecular complexity index is 409. The van der Waals surface area contributed by atoms with Gasteiger partial charge in [-0.25, -0.2) is 4.98 Å². The van der Waals surface area contributed by atoms with Crippen LogP contribution in [-0.2, 0) is 4.79 Å². The van der Waals surface area contributed by atoms with Crippen LogP contribution >= 0.6 is 11.6 Å². The number of anilines is 1. The third kappa shape index (κ3) is 5.02. The van der Waals surface area contributed by atoms with Crippen LogP contribution in [0.2, 0.25) is 5.15 Å². The molecule has 0 fully saturated rings. The molecule has 1 atom stereocenters. The molecule has 1 rings (SSSR count). The maximum Gasteiger partial charge on any atom is 0.224 e. The van der Waals surface area contributed by atoms with Gasteiger partial charge in [0.15, 0.2) is 0 Å². The Hall–Kier alpha value is -1.13. The number of nitrogens with two attached hydrogens (primary N) is 1. The lowest BCUT2D eigenvalue weighted by molar-refractivity contribution is -0.116. The summed E-state index contributed by atoms with van der Waals surface area (Å²) in [6.45, 7) is 4.59. The Labute approximate surface area is 113 Å². The zero-order valence-electron chi connectivity index (χ0n) is 10.9. The van der Waals surface area contributed by atoms with Gasteiger partial charge in [-0.15, -0.1) is 0 Å². The summed E-state index contributed by atoms with van der Waals surface area (Å²) in [4.78, 5) is 15.8. The zero-order valence-corrected chi connectivity index (χ0v) is 11.6. The van der Waals surface area contributed by atoms with Crippen molar-refractivity contribution in [1.82, 2.24) is 4.98 Å². The summed E-state index contributed by atoms with van der Waals surface area (Å²) >= 11 is 5.76. The van der Waals surface area contributed by atoms with Gasteiger partial charge >= 0.3 is 0 Å². The minimum absolute atomic E-state index is 0.00564. The highest BCUT2D eigenvalue weighted by Gasteiger charge is 2.08. The van der Waals surface area contributed by atoms with E-state index in [0.717, 1.165) is 24.2 Å². The van der Waals surface area contributed by atoms with E-state index >= 15 is 0 Å². The van der Waals surface area contributed by atoms with E-state index in [1.807, 2.05) is 6.92 Å². The quantitative estimate of drug-likeness (QED) is 0.781. The number of nitrogens with one attached hydrogen (secondary N) is 1. The number of rotatable bonds is 6. The van der Waals surface area contributed by atoms with Crippen molar-refractivity contribution in [3.63, 3.8) is 0 Å². The van der Waals surface area contributed by atoms with Gasteiger partial charge in [0.2, 0.25) is 5.91 Å². The fourth-order valence-corrected chi connectivity index (χ4v) is 1.87. The molecular formula is C13H20ClN3O. The first-order valence-corrected chi connectivity index (χ1v) is 6.53. The molecule has 18 heavy (non-hydrogen) atoms. The molecule has 0 bridgehead atoms. The van der Waals surface area contributed by atoms with Gasteiger partial charge < -0.3 is 11.1 Å². The molecular weight excluding hydrogens is 250 g/mol. The van der Waals surface area contributed by atoms with Crippen molar-refractivity contribution in [1.29, 1.82) is 0 Å². The van der Waals surface area contributed by atoms with Gasteiger partial charge in [-0.05, 0) is 44.4 Å². The molecule has 4 nitrogen and oxygen atoms in total. The summed E-state index contributed by atoms with van der Waals surface area (Å²) in [6, 6.07) is 3.44. The highest BCUT2D eigenvalue weighted by atomic mass is 35.5. The summed E-state index contributed by atoms with van der Waals surface area (Å²) in [6.07, 6.45) is 2.31. The van der Waals surface area contributed by atoms with E-state index in [-0.39, 0.29) is 5.91 Å². The largest absolute Gasteiger partial charge is 0.330 e. The van der Waals surface area contributed by atoms with Crippen LogP contribution in [0.5, 0.6) is 0 Å². The summed E-state index contributed by atoms with van der Waals surface area (Å²) < 4.78 is 0. The monoisotopic (exact) mass is 269 g/mol. The summed E-state index contributed by atoms with van der Waals surface area (Å²) in [5.41, 5.74) is 6.92. The number of amides is 1. The molecule has 0 radical (unpaired) electrons. The minimum Gasteiger partial charge on any atom is -0.330 e. The molecule has 1 unspecified atom stereocenters. The molecule has 5 heteroatoms. The van der Waals surface area contributed by atoms with Crippen LogP contribution in [0, 0.1) is 12.8 Å². The second-order valence-corrected chi connectivity index (χ2v) is 4.92. The van der Waals surface area contributed by atoms with Crippen LogP contribution in [0.1, 0.15) is 31.9 Å². The third-order valence-corrected chi connectivity index (χ3v) is 3.06. The van der Waals surface area contributed by atoms with Gasteiger partial charge in [0.25, 0.3) is 0 Å². The average molecular weight is 270 g/mol. The standard InChI is InChI=1S/C13H20ClN3O/c1-9(7-8-15)3-6-13(18)17-11-4-5-12(14)16-10(11)2/h4-5,9H,3,6-8,15H2,1-2H3,(H,17,18). The number of aromatic nitrogens is 1. The number of nitrogens with zero attached hydrogens (tertiary/aromatic N) is 1. The molecule has 1 aromatic rings. The van der Waals surface area contributed by atoms with Crippen LogP contribution < -0.4 is 11.1 Å². The van der Waals surface area contributed by atoms with Gasteiger partial charge in [0, 0.05) is 6.42 Å². The van der Waals surface area contributed by atoms with E-state index < -0.39 is 0 Å². The Morgan fingerprint density at radius 1 is 1.50 bits per heavy atom. The smallest absolute Gasteiger partial charge is 0.224 e. The molecule has 100 valence electrons. The second-order valence-electron chi connectivity index (χ2n) is 4.54. The Kier molecular flexibility index (Phi) is 6.09. The SMILES string of the molecule is Cc1nc(Cl)ccc1NC(=O)CCC(C)CCN. The number of carbonyl (C=O) groups excluding carboxylic acids is 1. The van der Waals surface area contributed by atoms with Crippen LogP contribution in [0.15, 0.2) is 12.1 Å². The van der Waals surface area contributed by atoms with Crippen molar-refractivity contribution >= 4 is 23.2 Å². The predicted molar refractivity (Wildman–Crippen MR) is 74.7 cm³/mol. The number of hydrogen-bond acceptors (Lipinski definition) is 3. The van der Waals surface area contributed by atoms with Gasteiger partial charge in [0.1, 0.15) is 5.15 Å². The van der Waals surface area contributed by atoms with Crippen LogP contribution in [0.25, 0.3) is 0 Å². The molecule has 1 heterocycles. The van der Waals surface area contributed by atoms with Crippen molar-refractivity contribution in [2.24, 2.45) is 11.7 Å². The van der Waals surface area contributed by atoms with Crippen LogP contribution in [0.3, 0.4) is 0 Å². The van der Waals surface area contributed by atoms with E-state index in [2.05, 4.69) is 17.2 Å². The lowest BCUT2D eigenvalue weighted by Gasteiger charge is -2.11. The lowest BCUT2D eigenvalue weighted by Crippen LogP contribution is -2.15. The number of aryl methyl sites for hydroxylation is 1. The molecule has 1 aromatic heterocycles. The first kappa shape index (κ1) is 14.9. The predicted octanol–water partition coefficient (Wildman–Crippen LogP) is 2.75. The van der Waals surface area contributed by atoms with E-state index in [0.29, 0.717) is 24.0 Å². The molecule has 1 amide bonds. The topological polar surface area (TPSA) is 68.0 Å². The van der Waals surface area contributed by atoms with Crippen LogP contribution in [-0.4, -0.2) is 17.4 Å². The number of pyridine rings is 1. The molecule has 0 saturated carbocycles. The first-order valence-electron chi connectivity index (χ1n) is 6.16. The lowest BCUT2D eigenvalue weighted by atomic mass is 10.0. The Morgan fingerprint density at radius 3 is 2.83 bits per heavy atom. The van der Waals surface area contributed by atoms with Crippen molar-refractivity contribution in [3.05, 3.63) is 23.0 Å². The number of carbonyl (C=O) groups is 1. The summed E-state index contributed by atoms with van der Waals surface area (Å²) in [5.74, 6) is 0.483. The van der Waals surface area contributed by atoms with Crippen LogP contribution in [0.4, 0.5) is 5.69 Å². The maximum absolute atomic E-state index is 11.8. The molecule has 0 aliphatic heterocycles. The van der Waals surface area contributed by atoms with Gasteiger partial charge in [-0.1, -0.05) is 18.5 Å². The summed E-state index contributed by atoms with van der Waals surface area (Å²) in [7, 11) is 0. The number of halogens is 1. The first-order chi connectivity index (χ1) is 8.52. The van der Waals surface area contributed by atoms with Gasteiger partial charge in [-0.3, -0.25) is 4.79 Å². The fourth-order valence-electron chi connectivity index (χ4n) is 1.68. The van der Waals surface area contributed by atoms with E-state index in [4.69, 9.17) is 17.3 Å². The zero-order chi connectivity index (χ0) is 13.5. The molecule has 3 N–H and O–H groups in total. The Balaban J connectivity index is 2.44. The van der Waals surface area contributed by atoms with Crippen molar-refractivity contribution in [3.8, 4) is 0 Å². The Morgan fingerprint density at radius 2 is 2.22 bits per heavy atom. The minimum atomic E-state index is 0.00564. The van der Waals surface area contributed by atoms with E-state index in [1.165, 1.54) is 0 Å². The van der Waals surface area contributed by atoms with Gasteiger partial charge in [0.05, 0.1) is 11.4 Å². The summed E-state index contributed by atoms with van der Waals surface area (Å²) in [5, 5.41) is 3.28. The van der Waals surface area contributed by atoms with Crippen molar-refractivity contribution in [2.45, 2.75) is 33.1 Å². The molecule has 0 aliphatic carbocycles. The third-order valence-electron chi connectivity index (χ3n) is 2.85. The highest BCUT2D eigenvalue weighted by molar-refractivity contribution is 6.29. The molecule has 0 saturated heterocycles. The van der Waals surface area contributed by atoms with Gasteiger partial charge in [-0.2, -0.15) is 0 Å². The molecule has 0 aromatic carbocycles. The second kappa shape index (κ2) is 7.34.